The van der Waals surface area contributed by atoms with Crippen LogP contribution in [0, 0.1) is 0 Å². The molecule has 0 radical (unpaired) electrons. The molecular formula is C54H35NO2. The maximum Gasteiger partial charge on any atom is 0.144 e. The highest BCUT2D eigenvalue weighted by Crippen LogP contribution is 2.49. The number of benzene rings is 9. The molecule has 0 amide bonds. The minimum absolute atomic E-state index is 0.819. The Labute approximate surface area is 330 Å². The van der Waals surface area contributed by atoms with Crippen LogP contribution in [-0.2, 0) is 0 Å². The Morgan fingerprint density at radius 3 is 1.60 bits per heavy atom. The van der Waals surface area contributed by atoms with Gasteiger partial charge in [0.25, 0.3) is 0 Å². The molecular weight excluding hydrogens is 695 g/mol. The van der Waals surface area contributed by atoms with Crippen LogP contribution in [0.25, 0.3) is 88.4 Å². The van der Waals surface area contributed by atoms with Gasteiger partial charge in [-0.05, 0) is 81.9 Å². The average molecular weight is 730 g/mol. The molecule has 0 saturated carbocycles. The van der Waals surface area contributed by atoms with E-state index >= 15 is 0 Å². The van der Waals surface area contributed by atoms with Gasteiger partial charge in [-0.2, -0.15) is 0 Å². The van der Waals surface area contributed by atoms with Gasteiger partial charge in [0.2, 0.25) is 0 Å². The Bertz CT molecular complexity index is 3220. The molecule has 2 heterocycles. The van der Waals surface area contributed by atoms with Crippen LogP contribution in [0.5, 0.6) is 0 Å². The van der Waals surface area contributed by atoms with Crippen LogP contribution in [0.15, 0.2) is 221 Å². The van der Waals surface area contributed by atoms with Crippen molar-refractivity contribution in [2.45, 2.75) is 0 Å². The van der Waals surface area contributed by atoms with Gasteiger partial charge in [0.1, 0.15) is 22.3 Å². The van der Waals surface area contributed by atoms with Gasteiger partial charge in [-0.25, -0.2) is 0 Å². The lowest BCUT2D eigenvalue weighted by atomic mass is 9.90. The van der Waals surface area contributed by atoms with E-state index in [1.165, 1.54) is 11.1 Å². The molecule has 11 rings (SSSR count). The van der Waals surface area contributed by atoms with Crippen LogP contribution in [0.2, 0.25) is 0 Å². The molecule has 3 heteroatoms. The van der Waals surface area contributed by atoms with Gasteiger partial charge < -0.3 is 13.7 Å². The molecule has 268 valence electrons. The topological polar surface area (TPSA) is 29.5 Å². The summed E-state index contributed by atoms with van der Waals surface area (Å²) in [4.78, 5) is 2.36. The third-order valence-electron chi connectivity index (χ3n) is 11.1. The summed E-state index contributed by atoms with van der Waals surface area (Å²) >= 11 is 0. The summed E-state index contributed by atoms with van der Waals surface area (Å²) in [5.41, 5.74) is 15.6. The SMILES string of the molecule is c1ccc(-c2ccc(N(c3ccc4oc5c(-c6ccccc6-c6ccccc6)c6c(cc5c4c3)oc3ccccc36)c3ccccc3-c3ccccc3)cc2)cc1. The lowest BCUT2D eigenvalue weighted by Crippen LogP contribution is -2.11. The zero-order chi connectivity index (χ0) is 37.7. The number of rotatable bonds is 7. The average Bonchev–Trinajstić information content (AvgIpc) is 3.85. The highest BCUT2D eigenvalue weighted by Gasteiger charge is 2.24. The molecule has 11 aromatic rings. The van der Waals surface area contributed by atoms with E-state index in [1.54, 1.807) is 0 Å². The summed E-state index contributed by atoms with van der Waals surface area (Å²) < 4.78 is 13.7. The van der Waals surface area contributed by atoms with E-state index in [2.05, 4.69) is 205 Å². The maximum atomic E-state index is 7.00. The van der Waals surface area contributed by atoms with Gasteiger partial charge in [0.15, 0.2) is 0 Å². The minimum Gasteiger partial charge on any atom is -0.456 e. The van der Waals surface area contributed by atoms with Crippen LogP contribution in [-0.4, -0.2) is 0 Å². The van der Waals surface area contributed by atoms with E-state index in [9.17, 15) is 0 Å². The number of anilines is 3. The molecule has 0 aliphatic rings. The largest absolute Gasteiger partial charge is 0.456 e. The van der Waals surface area contributed by atoms with Crippen molar-refractivity contribution in [1.29, 1.82) is 0 Å². The third-order valence-corrected chi connectivity index (χ3v) is 11.1. The van der Waals surface area contributed by atoms with Crippen molar-refractivity contribution in [3.05, 3.63) is 212 Å². The summed E-state index contributed by atoms with van der Waals surface area (Å²) in [6.07, 6.45) is 0. The fraction of sp³-hybridized carbons (Fsp3) is 0. The van der Waals surface area contributed by atoms with E-state index in [4.69, 9.17) is 8.83 Å². The van der Waals surface area contributed by atoms with Crippen molar-refractivity contribution < 1.29 is 8.83 Å². The van der Waals surface area contributed by atoms with Crippen molar-refractivity contribution >= 4 is 60.9 Å². The summed E-state index contributed by atoms with van der Waals surface area (Å²) in [5.74, 6) is 0. The highest BCUT2D eigenvalue weighted by atomic mass is 16.3. The first-order valence-corrected chi connectivity index (χ1v) is 19.3. The molecule has 0 saturated heterocycles. The second-order valence-electron chi connectivity index (χ2n) is 14.4. The summed E-state index contributed by atoms with van der Waals surface area (Å²) in [7, 11) is 0. The Balaban J connectivity index is 1.17. The predicted molar refractivity (Wildman–Crippen MR) is 237 cm³/mol. The van der Waals surface area contributed by atoms with E-state index in [0.29, 0.717) is 0 Å². The number of furan rings is 2. The lowest BCUT2D eigenvalue weighted by Gasteiger charge is -2.28. The molecule has 0 unspecified atom stereocenters. The number of para-hydroxylation sites is 2. The van der Waals surface area contributed by atoms with Crippen LogP contribution >= 0.6 is 0 Å². The Hall–Kier alpha value is -7.62. The van der Waals surface area contributed by atoms with E-state index in [1.807, 2.05) is 12.1 Å². The zero-order valence-electron chi connectivity index (χ0n) is 31.0. The molecule has 0 atom stereocenters. The molecule has 57 heavy (non-hydrogen) atoms. The van der Waals surface area contributed by atoms with Crippen molar-refractivity contribution in [2.24, 2.45) is 0 Å². The van der Waals surface area contributed by atoms with Crippen molar-refractivity contribution in [3.8, 4) is 44.5 Å². The quantitative estimate of drug-likeness (QED) is 0.164. The van der Waals surface area contributed by atoms with E-state index in [-0.39, 0.29) is 0 Å². The van der Waals surface area contributed by atoms with Gasteiger partial charge in [0, 0.05) is 44.0 Å². The third kappa shape index (κ3) is 5.60. The number of hydrogen-bond donors (Lipinski definition) is 0. The first kappa shape index (κ1) is 32.8. The molecule has 0 fully saturated rings. The number of fused-ring (bicyclic) bond motifs is 6. The van der Waals surface area contributed by atoms with Crippen molar-refractivity contribution in [2.75, 3.05) is 4.90 Å². The van der Waals surface area contributed by atoms with Gasteiger partial charge >= 0.3 is 0 Å². The van der Waals surface area contributed by atoms with E-state index < -0.39 is 0 Å². The monoisotopic (exact) mass is 729 g/mol. The predicted octanol–water partition coefficient (Wildman–Crippen LogP) is 15.6. The van der Waals surface area contributed by atoms with Crippen molar-refractivity contribution in [3.63, 3.8) is 0 Å². The fourth-order valence-corrected chi connectivity index (χ4v) is 8.46. The summed E-state index contributed by atoms with van der Waals surface area (Å²) in [5, 5.41) is 4.15. The molecule has 0 aliphatic heterocycles. The van der Waals surface area contributed by atoms with Gasteiger partial charge in [0.05, 0.1) is 5.69 Å². The Morgan fingerprint density at radius 1 is 0.316 bits per heavy atom. The van der Waals surface area contributed by atoms with E-state index in [0.717, 1.165) is 94.3 Å². The first-order valence-electron chi connectivity index (χ1n) is 19.3. The highest BCUT2D eigenvalue weighted by molar-refractivity contribution is 6.24. The van der Waals surface area contributed by atoms with Crippen LogP contribution in [0.1, 0.15) is 0 Å². The van der Waals surface area contributed by atoms with Gasteiger partial charge in [-0.15, -0.1) is 0 Å². The second kappa shape index (κ2) is 13.6. The molecule has 0 spiro atoms. The van der Waals surface area contributed by atoms with Crippen LogP contribution < -0.4 is 4.90 Å². The molecule has 0 aliphatic carbocycles. The lowest BCUT2D eigenvalue weighted by molar-refractivity contribution is 0.664. The maximum absolute atomic E-state index is 7.00. The fourth-order valence-electron chi connectivity index (χ4n) is 8.46. The molecule has 2 aromatic heterocycles. The number of hydrogen-bond acceptors (Lipinski definition) is 3. The minimum atomic E-state index is 0.819. The van der Waals surface area contributed by atoms with Crippen LogP contribution in [0.3, 0.4) is 0 Å². The van der Waals surface area contributed by atoms with Crippen LogP contribution in [0.4, 0.5) is 17.1 Å². The zero-order valence-corrected chi connectivity index (χ0v) is 31.0. The normalized spacial score (nSPS) is 11.5. The first-order chi connectivity index (χ1) is 28.3. The number of nitrogens with zero attached hydrogens (tertiary/aromatic N) is 1. The Kier molecular flexibility index (Phi) is 7.82. The molecule has 0 bridgehead atoms. The smallest absolute Gasteiger partial charge is 0.144 e. The standard InChI is InChI=1S/C54H35NO2/c1-4-16-36(17-5-1)37-28-30-40(31-29-37)55(48-26-14-12-23-43(48)39-20-8-3-9-21-39)41-32-33-50-46(34-41)47-35-51-52(45-25-13-15-27-49(45)56-51)53(54(47)57-50)44-24-11-10-22-42(44)38-18-6-2-7-19-38/h1-35H. The van der Waals surface area contributed by atoms with Gasteiger partial charge in [-0.3, -0.25) is 0 Å². The second-order valence-corrected chi connectivity index (χ2v) is 14.4. The molecule has 3 nitrogen and oxygen atoms in total. The molecule has 9 aromatic carbocycles. The Morgan fingerprint density at radius 2 is 0.860 bits per heavy atom. The van der Waals surface area contributed by atoms with Crippen molar-refractivity contribution in [1.82, 2.24) is 0 Å². The summed E-state index contributed by atoms with van der Waals surface area (Å²) in [6, 6.07) is 74.9. The van der Waals surface area contributed by atoms with Gasteiger partial charge in [-0.1, -0.05) is 164 Å². The summed E-state index contributed by atoms with van der Waals surface area (Å²) in [6.45, 7) is 0. The molecule has 0 N–H and O–H groups in total.